The van der Waals surface area contributed by atoms with Crippen LogP contribution in [0.4, 0.5) is 5.82 Å². The third kappa shape index (κ3) is 2.54. The minimum atomic E-state index is 0.665. The lowest BCUT2D eigenvalue weighted by Crippen LogP contribution is -2.30. The molecule has 0 saturated carbocycles. The summed E-state index contributed by atoms with van der Waals surface area (Å²) in [5.41, 5.74) is 1.17. The van der Waals surface area contributed by atoms with Gasteiger partial charge in [-0.2, -0.15) is 0 Å². The lowest BCUT2D eigenvalue weighted by Gasteiger charge is -2.17. The van der Waals surface area contributed by atoms with E-state index >= 15 is 0 Å². The van der Waals surface area contributed by atoms with Crippen LogP contribution in [0, 0.1) is 0 Å². The van der Waals surface area contributed by atoms with Gasteiger partial charge in [0.25, 0.3) is 0 Å². The minimum absolute atomic E-state index is 0.665. The monoisotopic (exact) mass is 199 g/mol. The molecule has 0 aliphatic rings. The minimum Gasteiger partial charge on any atom is -0.290 e. The summed E-state index contributed by atoms with van der Waals surface area (Å²) < 4.78 is 0. The Kier molecular flexibility index (Phi) is 2.95. The molecular weight excluding hydrogens is 186 g/mol. The van der Waals surface area contributed by atoms with Gasteiger partial charge in [-0.05, 0) is 17.7 Å². The van der Waals surface area contributed by atoms with E-state index in [0.29, 0.717) is 6.54 Å². The van der Waals surface area contributed by atoms with E-state index in [-0.39, 0.29) is 0 Å². The van der Waals surface area contributed by atoms with Crippen LogP contribution in [0.2, 0.25) is 0 Å². The largest absolute Gasteiger partial charge is 0.290 e. The van der Waals surface area contributed by atoms with E-state index < -0.39 is 0 Å². The molecule has 0 saturated heterocycles. The topological polar surface area (TPSA) is 42.1 Å². The lowest BCUT2D eigenvalue weighted by molar-refractivity contribution is 0.832. The highest BCUT2D eigenvalue weighted by atomic mass is 15.4. The van der Waals surface area contributed by atoms with E-state index in [2.05, 4.69) is 4.98 Å². The lowest BCUT2D eigenvalue weighted by atomic mass is 10.2. The summed E-state index contributed by atoms with van der Waals surface area (Å²) in [6, 6.07) is 15.8. The molecule has 3 heteroatoms. The number of hydrogen-bond donors (Lipinski definition) is 1. The average molecular weight is 199 g/mol. The summed E-state index contributed by atoms with van der Waals surface area (Å²) in [6.07, 6.45) is 1.74. The molecule has 0 radical (unpaired) electrons. The van der Waals surface area contributed by atoms with E-state index in [1.54, 1.807) is 11.2 Å². The Morgan fingerprint density at radius 2 is 1.73 bits per heavy atom. The van der Waals surface area contributed by atoms with Crippen LogP contribution in [0.25, 0.3) is 0 Å². The van der Waals surface area contributed by atoms with Gasteiger partial charge in [-0.25, -0.2) is 10.8 Å². The first kappa shape index (κ1) is 9.68. The number of pyridine rings is 1. The molecule has 0 aliphatic heterocycles. The number of benzene rings is 1. The molecule has 0 atom stereocenters. The number of hydrazine groups is 1. The summed E-state index contributed by atoms with van der Waals surface area (Å²) in [6.45, 7) is 0.665. The molecule has 3 nitrogen and oxygen atoms in total. The van der Waals surface area contributed by atoms with Crippen molar-refractivity contribution in [3.05, 3.63) is 60.3 Å². The highest BCUT2D eigenvalue weighted by Crippen LogP contribution is 2.09. The van der Waals surface area contributed by atoms with Crippen molar-refractivity contribution in [3.8, 4) is 0 Å². The summed E-state index contributed by atoms with van der Waals surface area (Å²) in [4.78, 5) is 4.18. The Hall–Kier alpha value is -1.87. The zero-order chi connectivity index (χ0) is 10.5. The van der Waals surface area contributed by atoms with Crippen LogP contribution in [0.3, 0.4) is 0 Å². The van der Waals surface area contributed by atoms with Crippen molar-refractivity contribution in [1.82, 2.24) is 4.98 Å². The van der Waals surface area contributed by atoms with Gasteiger partial charge in [0.2, 0.25) is 0 Å². The Labute approximate surface area is 89.1 Å². The third-order valence-electron chi connectivity index (χ3n) is 2.14. The molecule has 0 bridgehead atoms. The molecule has 0 fully saturated rings. The van der Waals surface area contributed by atoms with Gasteiger partial charge >= 0.3 is 0 Å². The summed E-state index contributed by atoms with van der Waals surface area (Å²) in [5.74, 6) is 6.68. The molecule has 15 heavy (non-hydrogen) atoms. The van der Waals surface area contributed by atoms with E-state index in [1.165, 1.54) is 5.56 Å². The van der Waals surface area contributed by atoms with E-state index in [4.69, 9.17) is 5.84 Å². The van der Waals surface area contributed by atoms with Crippen LogP contribution in [-0.4, -0.2) is 4.98 Å². The van der Waals surface area contributed by atoms with Crippen LogP contribution in [0.1, 0.15) is 5.56 Å². The zero-order valence-corrected chi connectivity index (χ0v) is 8.38. The van der Waals surface area contributed by atoms with Crippen molar-refractivity contribution in [2.45, 2.75) is 6.54 Å². The van der Waals surface area contributed by atoms with Crippen LogP contribution in [0.5, 0.6) is 0 Å². The Morgan fingerprint density at radius 3 is 2.40 bits per heavy atom. The molecule has 76 valence electrons. The molecule has 1 heterocycles. The normalized spacial score (nSPS) is 9.93. The van der Waals surface area contributed by atoms with Crippen molar-refractivity contribution in [1.29, 1.82) is 0 Å². The van der Waals surface area contributed by atoms with Gasteiger partial charge < -0.3 is 0 Å². The smallest absolute Gasteiger partial charge is 0.142 e. The van der Waals surface area contributed by atoms with Gasteiger partial charge in [0.05, 0.1) is 6.54 Å². The SMILES string of the molecule is NN(Cc1ccccc1)c1ccccn1. The van der Waals surface area contributed by atoms with Gasteiger partial charge in [-0.1, -0.05) is 36.4 Å². The fourth-order valence-corrected chi connectivity index (χ4v) is 1.38. The van der Waals surface area contributed by atoms with E-state index in [9.17, 15) is 0 Å². The maximum absolute atomic E-state index is 5.90. The van der Waals surface area contributed by atoms with E-state index in [1.807, 2.05) is 48.5 Å². The summed E-state index contributed by atoms with van der Waals surface area (Å²) >= 11 is 0. The first-order valence-corrected chi connectivity index (χ1v) is 4.83. The number of rotatable bonds is 3. The van der Waals surface area contributed by atoms with Gasteiger partial charge in [-0.15, -0.1) is 0 Å². The predicted octanol–water partition coefficient (Wildman–Crippen LogP) is 1.96. The molecule has 0 aliphatic carbocycles. The first-order valence-electron chi connectivity index (χ1n) is 4.83. The number of hydrogen-bond acceptors (Lipinski definition) is 3. The standard InChI is InChI=1S/C12H13N3/c13-15(12-8-4-5-9-14-12)10-11-6-2-1-3-7-11/h1-9H,10,13H2. The molecule has 1 aromatic heterocycles. The van der Waals surface area contributed by atoms with Crippen LogP contribution in [0.15, 0.2) is 54.7 Å². The van der Waals surface area contributed by atoms with Crippen LogP contribution < -0.4 is 10.9 Å². The Bertz CT molecular complexity index is 400. The second kappa shape index (κ2) is 4.57. The maximum Gasteiger partial charge on any atom is 0.142 e. The molecule has 0 spiro atoms. The van der Waals surface area contributed by atoms with Crippen molar-refractivity contribution >= 4 is 5.82 Å². The second-order valence-corrected chi connectivity index (χ2v) is 3.30. The summed E-state index contributed by atoms with van der Waals surface area (Å²) in [7, 11) is 0. The van der Waals surface area contributed by atoms with Crippen molar-refractivity contribution in [2.24, 2.45) is 5.84 Å². The first-order chi connectivity index (χ1) is 7.36. The van der Waals surface area contributed by atoms with Crippen LogP contribution >= 0.6 is 0 Å². The second-order valence-electron chi connectivity index (χ2n) is 3.30. The molecule has 0 amide bonds. The third-order valence-corrected chi connectivity index (χ3v) is 2.14. The fourth-order valence-electron chi connectivity index (χ4n) is 1.38. The number of aromatic nitrogens is 1. The predicted molar refractivity (Wildman–Crippen MR) is 61.0 cm³/mol. The number of anilines is 1. The quantitative estimate of drug-likeness (QED) is 0.607. The van der Waals surface area contributed by atoms with Gasteiger partial charge in [0.1, 0.15) is 5.82 Å². The number of nitrogens with two attached hydrogens (primary N) is 1. The van der Waals surface area contributed by atoms with Gasteiger partial charge in [-0.3, -0.25) is 5.01 Å². The fraction of sp³-hybridized carbons (Fsp3) is 0.0833. The molecule has 2 aromatic rings. The highest BCUT2D eigenvalue weighted by molar-refractivity contribution is 5.36. The average Bonchev–Trinajstić information content (AvgIpc) is 2.31. The zero-order valence-electron chi connectivity index (χ0n) is 8.38. The Morgan fingerprint density at radius 1 is 1.00 bits per heavy atom. The van der Waals surface area contributed by atoms with E-state index in [0.717, 1.165) is 5.82 Å². The number of nitrogens with zero attached hydrogens (tertiary/aromatic N) is 2. The van der Waals surface area contributed by atoms with Crippen molar-refractivity contribution < 1.29 is 0 Å². The Balaban J connectivity index is 2.08. The maximum atomic E-state index is 5.90. The molecule has 2 rings (SSSR count). The van der Waals surface area contributed by atoms with Crippen molar-refractivity contribution in [2.75, 3.05) is 5.01 Å². The van der Waals surface area contributed by atoms with Crippen molar-refractivity contribution in [3.63, 3.8) is 0 Å². The van der Waals surface area contributed by atoms with Crippen LogP contribution in [-0.2, 0) is 6.54 Å². The van der Waals surface area contributed by atoms with Gasteiger partial charge in [0, 0.05) is 6.20 Å². The van der Waals surface area contributed by atoms with Gasteiger partial charge in [0.15, 0.2) is 0 Å². The molecule has 0 unspecified atom stereocenters. The molecular formula is C12H13N3. The highest BCUT2D eigenvalue weighted by Gasteiger charge is 2.01. The molecule has 2 N–H and O–H groups in total. The summed E-state index contributed by atoms with van der Waals surface area (Å²) in [5, 5.41) is 1.63. The molecule has 1 aromatic carbocycles.